The first-order chi connectivity index (χ1) is 10.9. The van der Waals surface area contributed by atoms with Crippen LogP contribution in [0.5, 0.6) is 0 Å². The first-order valence-electron chi connectivity index (χ1n) is 8.04. The number of carbonyl (C=O) groups is 1. The SMILES string of the molecule is CC(C)CNC(=O)Nc1ccc(S(=O)(=O)NC2CCCC2)cc1. The maximum Gasteiger partial charge on any atom is 0.319 e. The van der Waals surface area contributed by atoms with Gasteiger partial charge in [-0.25, -0.2) is 17.9 Å². The van der Waals surface area contributed by atoms with E-state index in [-0.39, 0.29) is 17.0 Å². The maximum absolute atomic E-state index is 12.3. The first-order valence-corrected chi connectivity index (χ1v) is 9.52. The molecular weight excluding hydrogens is 314 g/mol. The molecule has 23 heavy (non-hydrogen) atoms. The number of hydrogen-bond donors (Lipinski definition) is 3. The van der Waals surface area contributed by atoms with Gasteiger partial charge in [-0.15, -0.1) is 0 Å². The lowest BCUT2D eigenvalue weighted by atomic mass is 10.2. The van der Waals surface area contributed by atoms with Crippen molar-refractivity contribution < 1.29 is 13.2 Å². The molecule has 1 aliphatic carbocycles. The highest BCUT2D eigenvalue weighted by Gasteiger charge is 2.22. The van der Waals surface area contributed by atoms with Gasteiger partial charge in [-0.3, -0.25) is 0 Å². The highest BCUT2D eigenvalue weighted by molar-refractivity contribution is 7.89. The molecule has 1 fully saturated rings. The van der Waals surface area contributed by atoms with Crippen LogP contribution in [0.2, 0.25) is 0 Å². The molecule has 0 unspecified atom stereocenters. The fourth-order valence-corrected chi connectivity index (χ4v) is 3.83. The number of nitrogens with one attached hydrogen (secondary N) is 3. The zero-order chi connectivity index (χ0) is 16.9. The highest BCUT2D eigenvalue weighted by atomic mass is 32.2. The van der Waals surface area contributed by atoms with Crippen LogP contribution in [0.25, 0.3) is 0 Å². The Morgan fingerprint density at radius 3 is 2.35 bits per heavy atom. The maximum atomic E-state index is 12.3. The molecule has 0 bridgehead atoms. The molecule has 0 heterocycles. The molecule has 2 rings (SSSR count). The van der Waals surface area contributed by atoms with Gasteiger partial charge >= 0.3 is 6.03 Å². The molecule has 128 valence electrons. The van der Waals surface area contributed by atoms with Crippen molar-refractivity contribution in [2.45, 2.75) is 50.5 Å². The molecule has 2 amide bonds. The van der Waals surface area contributed by atoms with Crippen molar-refractivity contribution in [3.63, 3.8) is 0 Å². The van der Waals surface area contributed by atoms with Gasteiger partial charge in [0.1, 0.15) is 0 Å². The lowest BCUT2D eigenvalue weighted by molar-refractivity contribution is 0.251. The van der Waals surface area contributed by atoms with Gasteiger partial charge < -0.3 is 10.6 Å². The molecule has 1 aromatic rings. The van der Waals surface area contributed by atoms with E-state index in [1.54, 1.807) is 12.1 Å². The summed E-state index contributed by atoms with van der Waals surface area (Å²) >= 11 is 0. The number of carbonyl (C=O) groups excluding carboxylic acids is 1. The topological polar surface area (TPSA) is 87.3 Å². The van der Waals surface area contributed by atoms with Crippen LogP contribution in [0, 0.1) is 5.92 Å². The number of hydrogen-bond acceptors (Lipinski definition) is 3. The average molecular weight is 339 g/mol. The van der Waals surface area contributed by atoms with E-state index in [1.807, 2.05) is 13.8 Å². The third-order valence-electron chi connectivity index (χ3n) is 3.77. The minimum Gasteiger partial charge on any atom is -0.338 e. The van der Waals surface area contributed by atoms with Crippen LogP contribution in [0.1, 0.15) is 39.5 Å². The Hall–Kier alpha value is -1.60. The van der Waals surface area contributed by atoms with Crippen LogP contribution in [-0.4, -0.2) is 27.0 Å². The van der Waals surface area contributed by atoms with E-state index >= 15 is 0 Å². The molecule has 0 aliphatic heterocycles. The summed E-state index contributed by atoms with van der Waals surface area (Å²) in [7, 11) is -3.49. The first kappa shape index (κ1) is 17.7. The molecule has 0 spiro atoms. The van der Waals surface area contributed by atoms with E-state index < -0.39 is 10.0 Å². The second kappa shape index (κ2) is 7.79. The molecule has 1 saturated carbocycles. The number of amides is 2. The molecule has 3 N–H and O–H groups in total. The normalized spacial score (nSPS) is 15.8. The van der Waals surface area contributed by atoms with Gasteiger partial charge in [-0.05, 0) is 43.0 Å². The van der Waals surface area contributed by atoms with E-state index in [9.17, 15) is 13.2 Å². The van der Waals surface area contributed by atoms with E-state index in [4.69, 9.17) is 0 Å². The van der Waals surface area contributed by atoms with Crippen LogP contribution < -0.4 is 15.4 Å². The van der Waals surface area contributed by atoms with Crippen molar-refractivity contribution in [3.05, 3.63) is 24.3 Å². The van der Waals surface area contributed by atoms with Crippen molar-refractivity contribution in [1.82, 2.24) is 10.0 Å². The van der Waals surface area contributed by atoms with E-state index in [0.717, 1.165) is 25.7 Å². The predicted molar refractivity (Wildman–Crippen MR) is 90.9 cm³/mol. The van der Waals surface area contributed by atoms with Crippen LogP contribution in [-0.2, 0) is 10.0 Å². The fraction of sp³-hybridized carbons (Fsp3) is 0.562. The molecule has 0 aromatic heterocycles. The van der Waals surface area contributed by atoms with Crippen molar-refractivity contribution in [2.75, 3.05) is 11.9 Å². The monoisotopic (exact) mass is 339 g/mol. The predicted octanol–water partition coefficient (Wildman–Crippen LogP) is 2.69. The Labute approximate surface area is 138 Å². The Balaban J connectivity index is 1.94. The summed E-state index contributed by atoms with van der Waals surface area (Å²) in [5.74, 6) is 0.370. The Morgan fingerprint density at radius 1 is 1.17 bits per heavy atom. The zero-order valence-corrected chi connectivity index (χ0v) is 14.4. The summed E-state index contributed by atoms with van der Waals surface area (Å²) in [6.45, 7) is 4.61. The summed E-state index contributed by atoms with van der Waals surface area (Å²) in [5, 5.41) is 5.43. The number of benzene rings is 1. The lowest BCUT2D eigenvalue weighted by Gasteiger charge is -2.13. The van der Waals surface area contributed by atoms with Crippen LogP contribution >= 0.6 is 0 Å². The number of sulfonamides is 1. The fourth-order valence-electron chi connectivity index (χ4n) is 2.52. The van der Waals surface area contributed by atoms with Gasteiger partial charge in [0.15, 0.2) is 0 Å². The smallest absolute Gasteiger partial charge is 0.319 e. The van der Waals surface area contributed by atoms with E-state index in [1.165, 1.54) is 12.1 Å². The summed E-state index contributed by atoms with van der Waals surface area (Å²) in [6, 6.07) is 5.96. The van der Waals surface area contributed by atoms with Crippen molar-refractivity contribution >= 4 is 21.7 Å². The summed E-state index contributed by atoms with van der Waals surface area (Å²) < 4.78 is 27.3. The molecule has 7 heteroatoms. The molecule has 1 aliphatic rings. The van der Waals surface area contributed by atoms with Crippen molar-refractivity contribution in [1.29, 1.82) is 0 Å². The largest absolute Gasteiger partial charge is 0.338 e. The Bertz CT molecular complexity index is 620. The van der Waals surface area contributed by atoms with Crippen molar-refractivity contribution in [3.8, 4) is 0 Å². The van der Waals surface area contributed by atoms with Gasteiger partial charge in [0.05, 0.1) is 4.90 Å². The van der Waals surface area contributed by atoms with E-state index in [2.05, 4.69) is 15.4 Å². The molecular formula is C16H25N3O3S. The van der Waals surface area contributed by atoms with E-state index in [0.29, 0.717) is 18.2 Å². The Morgan fingerprint density at radius 2 is 1.78 bits per heavy atom. The summed E-state index contributed by atoms with van der Waals surface area (Å²) in [5.41, 5.74) is 0.561. The number of rotatable bonds is 6. The quantitative estimate of drug-likeness (QED) is 0.744. The van der Waals surface area contributed by atoms with Gasteiger partial charge in [0.25, 0.3) is 0 Å². The minimum atomic E-state index is -3.49. The average Bonchev–Trinajstić information content (AvgIpc) is 2.98. The second-order valence-corrected chi connectivity index (χ2v) is 8.07. The third-order valence-corrected chi connectivity index (χ3v) is 5.31. The minimum absolute atomic E-state index is 0.0413. The van der Waals surface area contributed by atoms with Crippen LogP contribution in [0.3, 0.4) is 0 Å². The number of anilines is 1. The van der Waals surface area contributed by atoms with Gasteiger partial charge in [0, 0.05) is 18.3 Å². The van der Waals surface area contributed by atoms with Crippen LogP contribution in [0.4, 0.5) is 10.5 Å². The standard InChI is InChI=1S/C16H25N3O3S/c1-12(2)11-17-16(20)18-13-7-9-15(10-8-13)23(21,22)19-14-5-3-4-6-14/h7-10,12,14,19H,3-6,11H2,1-2H3,(H2,17,18,20). The zero-order valence-electron chi connectivity index (χ0n) is 13.6. The molecule has 6 nitrogen and oxygen atoms in total. The highest BCUT2D eigenvalue weighted by Crippen LogP contribution is 2.21. The van der Waals surface area contributed by atoms with Gasteiger partial charge in [0.2, 0.25) is 10.0 Å². The summed E-state index contributed by atoms with van der Waals surface area (Å²) in [4.78, 5) is 11.9. The van der Waals surface area contributed by atoms with Crippen molar-refractivity contribution in [2.24, 2.45) is 5.92 Å². The number of urea groups is 1. The second-order valence-electron chi connectivity index (χ2n) is 6.36. The Kier molecular flexibility index (Phi) is 6.01. The molecule has 0 saturated heterocycles. The van der Waals surface area contributed by atoms with Gasteiger partial charge in [-0.1, -0.05) is 26.7 Å². The lowest BCUT2D eigenvalue weighted by Crippen LogP contribution is -2.33. The molecule has 0 atom stereocenters. The summed E-state index contributed by atoms with van der Waals surface area (Å²) in [6.07, 6.45) is 3.94. The van der Waals surface area contributed by atoms with Gasteiger partial charge in [-0.2, -0.15) is 0 Å². The molecule has 1 aromatic carbocycles. The molecule has 0 radical (unpaired) electrons. The third kappa shape index (κ3) is 5.51. The van der Waals surface area contributed by atoms with Crippen LogP contribution in [0.15, 0.2) is 29.2 Å².